The molecule has 0 bridgehead atoms. The first-order valence-electron chi connectivity index (χ1n) is 1.15. The van der Waals surface area contributed by atoms with Crippen LogP contribution in [-0.2, 0) is 0 Å². The zero-order valence-electron chi connectivity index (χ0n) is 5.72. The Hall–Kier alpha value is -0.0300. The number of carbonyl (C=O) groups is 1. The Balaban J connectivity index is -0.00000000990. The van der Waals surface area contributed by atoms with E-state index in [9.17, 15) is 0 Å². The number of rotatable bonds is 0. The first kappa shape index (κ1) is 24.6. The van der Waals surface area contributed by atoms with Crippen LogP contribution in [0.4, 0.5) is 4.79 Å². The first-order chi connectivity index (χ1) is 2.73. The fraction of sp³-hybridized carbons (Fsp3) is 0. The number of carboxylic acid groups (broad SMARTS) is 2. The smallest absolute Gasteiger partial charge is 1.00 e. The molecule has 0 fully saturated rings. The molecule has 8 heavy (non-hydrogen) atoms. The van der Waals surface area contributed by atoms with Gasteiger partial charge in [0, 0.05) is 0 Å². The van der Waals surface area contributed by atoms with E-state index in [1.165, 1.54) is 0 Å². The molecular weight excluding hydrogens is 123 g/mol. The average molecular weight is 132 g/mol. The number of hydrogen-bond donors (Lipinski definition) is 2. The maximum Gasteiger partial charge on any atom is 1.00 e. The predicted octanol–water partition coefficient (Wildman–Crippen LogP) is -2.68. The van der Waals surface area contributed by atoms with Crippen molar-refractivity contribution in [1.82, 2.24) is 0 Å². The molecule has 5 heteroatoms. The van der Waals surface area contributed by atoms with E-state index in [1.807, 2.05) is 0 Å². The molecule has 4 N–H and O–H groups in total. The van der Waals surface area contributed by atoms with Gasteiger partial charge in [-0.05, 0) is 0 Å². The van der Waals surface area contributed by atoms with Crippen molar-refractivity contribution < 1.29 is 51.5 Å². The molecule has 0 radical (unpaired) electrons. The van der Waals surface area contributed by atoms with Crippen molar-refractivity contribution in [2.24, 2.45) is 0 Å². The molecular formula is C3H9NaO4. The summed E-state index contributed by atoms with van der Waals surface area (Å²) in [6.07, 6.45) is -1.83. The van der Waals surface area contributed by atoms with Gasteiger partial charge in [-0.15, -0.1) is 13.2 Å². The molecule has 0 unspecified atom stereocenters. The van der Waals surface area contributed by atoms with Crippen molar-refractivity contribution in [1.29, 1.82) is 0 Å². The van der Waals surface area contributed by atoms with Crippen molar-refractivity contribution in [2.45, 2.75) is 0 Å². The van der Waals surface area contributed by atoms with Crippen molar-refractivity contribution in [2.75, 3.05) is 0 Å². The SMILES string of the molecule is C=C.O.O=C(O)O.[H-].[Na+]. The normalized spacial score (nSPS) is 3.50. The van der Waals surface area contributed by atoms with E-state index in [1.54, 1.807) is 0 Å². The summed E-state index contributed by atoms with van der Waals surface area (Å²) in [6.45, 7) is 6.00. The van der Waals surface area contributed by atoms with E-state index in [0.29, 0.717) is 0 Å². The molecule has 0 atom stereocenters. The van der Waals surface area contributed by atoms with Crippen molar-refractivity contribution in [3.8, 4) is 0 Å². The molecule has 0 aliphatic heterocycles. The summed E-state index contributed by atoms with van der Waals surface area (Å²) >= 11 is 0. The van der Waals surface area contributed by atoms with Gasteiger partial charge in [0.25, 0.3) is 0 Å². The fourth-order valence-corrected chi connectivity index (χ4v) is 0. The van der Waals surface area contributed by atoms with Crippen LogP contribution < -0.4 is 29.6 Å². The van der Waals surface area contributed by atoms with Crippen molar-refractivity contribution >= 4 is 6.16 Å². The first-order valence-corrected chi connectivity index (χ1v) is 1.15. The second kappa shape index (κ2) is 28.2. The second-order valence-corrected chi connectivity index (χ2v) is 0.283. The zero-order valence-corrected chi connectivity index (χ0v) is 6.72. The Bertz CT molecular complexity index is 47.1. The van der Waals surface area contributed by atoms with Gasteiger partial charge in [-0.1, -0.05) is 0 Å². The molecule has 0 heterocycles. The topological polar surface area (TPSA) is 89.0 Å². The van der Waals surface area contributed by atoms with Crippen LogP contribution in [0.1, 0.15) is 1.43 Å². The molecule has 4 nitrogen and oxygen atoms in total. The summed E-state index contributed by atoms with van der Waals surface area (Å²) in [6, 6.07) is 0. The van der Waals surface area contributed by atoms with Crippen LogP contribution in [0.3, 0.4) is 0 Å². The minimum absolute atomic E-state index is 0. The van der Waals surface area contributed by atoms with Crippen LogP contribution in [0.15, 0.2) is 13.2 Å². The Kier molecular flexibility index (Phi) is 86.5. The molecule has 0 aromatic carbocycles. The average Bonchev–Trinajstić information content (AvgIpc) is 1.41. The maximum absolute atomic E-state index is 8.56. The maximum atomic E-state index is 8.56. The van der Waals surface area contributed by atoms with Gasteiger partial charge < -0.3 is 17.1 Å². The fourth-order valence-electron chi connectivity index (χ4n) is 0. The Morgan fingerprint density at radius 2 is 1.38 bits per heavy atom. The van der Waals surface area contributed by atoms with Gasteiger partial charge in [0.1, 0.15) is 0 Å². The zero-order chi connectivity index (χ0) is 5.58. The van der Waals surface area contributed by atoms with Gasteiger partial charge in [-0.2, -0.15) is 0 Å². The van der Waals surface area contributed by atoms with Crippen LogP contribution in [0.5, 0.6) is 0 Å². The van der Waals surface area contributed by atoms with E-state index >= 15 is 0 Å². The van der Waals surface area contributed by atoms with Gasteiger partial charge in [-0.3, -0.25) is 0 Å². The second-order valence-electron chi connectivity index (χ2n) is 0.283. The molecule has 0 spiro atoms. The molecule has 0 aliphatic carbocycles. The van der Waals surface area contributed by atoms with Crippen LogP contribution in [-0.4, -0.2) is 21.8 Å². The molecule has 0 saturated heterocycles. The van der Waals surface area contributed by atoms with Crippen LogP contribution in [0, 0.1) is 0 Å². The third-order valence-electron chi connectivity index (χ3n) is 0. The van der Waals surface area contributed by atoms with Crippen molar-refractivity contribution in [3.63, 3.8) is 0 Å². The van der Waals surface area contributed by atoms with Crippen LogP contribution >= 0.6 is 0 Å². The largest absolute Gasteiger partial charge is 1.00 e. The minimum Gasteiger partial charge on any atom is -1.00 e. The molecule has 0 aromatic rings. The number of hydrogen-bond acceptors (Lipinski definition) is 1. The van der Waals surface area contributed by atoms with E-state index < -0.39 is 6.16 Å². The molecule has 0 rings (SSSR count). The minimum atomic E-state index is -1.83. The standard InChI is InChI=1S/C2H4.CH2O3.Na.H2O.H/c1-2;2-1(3)4;;;/h1-2H2;(H2,2,3,4);;1H2;/q;;+1;;-1. The van der Waals surface area contributed by atoms with Crippen LogP contribution in [0.2, 0.25) is 0 Å². The van der Waals surface area contributed by atoms with E-state index in [0.717, 1.165) is 0 Å². The van der Waals surface area contributed by atoms with Gasteiger partial charge in [0.15, 0.2) is 0 Å². The quantitative estimate of drug-likeness (QED) is 0.278. The Labute approximate surface area is 70.9 Å². The van der Waals surface area contributed by atoms with E-state index in [2.05, 4.69) is 13.2 Å². The molecule has 0 saturated carbocycles. The van der Waals surface area contributed by atoms with Gasteiger partial charge in [0.2, 0.25) is 0 Å². The summed E-state index contributed by atoms with van der Waals surface area (Å²) in [7, 11) is 0. The third-order valence-corrected chi connectivity index (χ3v) is 0. The molecule has 0 aliphatic rings. The monoisotopic (exact) mass is 132 g/mol. The van der Waals surface area contributed by atoms with Crippen LogP contribution in [0.25, 0.3) is 0 Å². The summed E-state index contributed by atoms with van der Waals surface area (Å²) in [5.41, 5.74) is 0. The van der Waals surface area contributed by atoms with E-state index in [4.69, 9.17) is 15.0 Å². The van der Waals surface area contributed by atoms with Crippen molar-refractivity contribution in [3.05, 3.63) is 13.2 Å². The Morgan fingerprint density at radius 1 is 1.38 bits per heavy atom. The summed E-state index contributed by atoms with van der Waals surface area (Å²) < 4.78 is 0. The van der Waals surface area contributed by atoms with Gasteiger partial charge in [0.05, 0.1) is 0 Å². The van der Waals surface area contributed by atoms with Gasteiger partial charge in [-0.25, -0.2) is 4.79 Å². The summed E-state index contributed by atoms with van der Waals surface area (Å²) in [4.78, 5) is 8.56. The summed E-state index contributed by atoms with van der Waals surface area (Å²) in [5, 5.41) is 13.9. The molecule has 46 valence electrons. The molecule has 0 amide bonds. The van der Waals surface area contributed by atoms with Gasteiger partial charge >= 0.3 is 35.7 Å². The molecule has 0 aromatic heterocycles. The predicted molar refractivity (Wildman–Crippen MR) is 26.6 cm³/mol. The third kappa shape index (κ3) is 164000. The Morgan fingerprint density at radius 3 is 1.38 bits per heavy atom. The van der Waals surface area contributed by atoms with E-state index in [-0.39, 0.29) is 36.5 Å². The summed E-state index contributed by atoms with van der Waals surface area (Å²) in [5.74, 6) is 0.